The van der Waals surface area contributed by atoms with Crippen molar-refractivity contribution in [3.8, 4) is 11.6 Å². The van der Waals surface area contributed by atoms with Gasteiger partial charge in [0.2, 0.25) is 5.88 Å². The first-order valence-electron chi connectivity index (χ1n) is 13.7. The fraction of sp³-hybridized carbons (Fsp3) is 0.355. The molecule has 1 aliphatic heterocycles. The highest BCUT2D eigenvalue weighted by molar-refractivity contribution is 5.84. The number of hydrogen-bond donors (Lipinski definition) is 3. The third-order valence-electron chi connectivity index (χ3n) is 6.90. The second-order valence-electron chi connectivity index (χ2n) is 10.3. The quantitative estimate of drug-likeness (QED) is 0.249. The average molecular weight is 560 g/mol. The number of carboxylic acid groups (broad SMARTS) is 1. The molecule has 41 heavy (non-hydrogen) atoms. The van der Waals surface area contributed by atoms with Crippen molar-refractivity contribution in [3.05, 3.63) is 84.1 Å². The van der Waals surface area contributed by atoms with Crippen LogP contribution in [0.25, 0.3) is 0 Å². The van der Waals surface area contributed by atoms with Gasteiger partial charge < -0.3 is 25.2 Å². The molecule has 0 saturated carbocycles. The van der Waals surface area contributed by atoms with Crippen LogP contribution >= 0.6 is 0 Å². The number of aromatic nitrogens is 1. The van der Waals surface area contributed by atoms with E-state index < -0.39 is 12.0 Å². The molecule has 4 rings (SSSR count). The van der Waals surface area contributed by atoms with Crippen molar-refractivity contribution < 1.29 is 24.2 Å². The minimum Gasteiger partial charge on any atom is -0.480 e. The van der Waals surface area contributed by atoms with E-state index in [0.29, 0.717) is 42.8 Å². The zero-order valence-corrected chi connectivity index (χ0v) is 23.4. The summed E-state index contributed by atoms with van der Waals surface area (Å²) in [5.41, 5.74) is 8.93. The molecule has 0 fully saturated rings. The smallest absolute Gasteiger partial charge is 0.323 e. The van der Waals surface area contributed by atoms with E-state index >= 15 is 0 Å². The second-order valence-corrected chi connectivity index (χ2v) is 10.3. The molecule has 1 unspecified atom stereocenters. The van der Waals surface area contributed by atoms with Gasteiger partial charge in [-0.2, -0.15) is 0 Å². The molecule has 2 heterocycles. The number of aliphatic imine (C=N–C) groups is 1. The van der Waals surface area contributed by atoms with Gasteiger partial charge in [-0.05, 0) is 30.0 Å². The molecule has 10 nitrogen and oxygen atoms in total. The number of nitrogens with zero attached hydrogens (tertiary/aromatic N) is 3. The van der Waals surface area contributed by atoms with E-state index in [-0.39, 0.29) is 37.3 Å². The first-order valence-corrected chi connectivity index (χ1v) is 13.7. The molecule has 216 valence electrons. The maximum atomic E-state index is 12.8. The average Bonchev–Trinajstić information content (AvgIpc) is 2.96. The number of ether oxygens (including phenoxy) is 2. The summed E-state index contributed by atoms with van der Waals surface area (Å²) < 4.78 is 11.5. The van der Waals surface area contributed by atoms with Crippen LogP contribution < -0.4 is 15.8 Å². The molecule has 10 heteroatoms. The van der Waals surface area contributed by atoms with E-state index in [1.165, 1.54) is 0 Å². The lowest BCUT2D eigenvalue weighted by molar-refractivity contribution is -0.141. The van der Waals surface area contributed by atoms with Gasteiger partial charge in [-0.1, -0.05) is 62.4 Å². The Morgan fingerprint density at radius 2 is 1.80 bits per heavy atom. The minimum absolute atomic E-state index is 0.0445. The van der Waals surface area contributed by atoms with Crippen LogP contribution in [0.2, 0.25) is 0 Å². The number of guanidine groups is 1. The maximum Gasteiger partial charge on any atom is 0.323 e. The molecule has 4 N–H and O–H groups in total. The highest BCUT2D eigenvalue weighted by Gasteiger charge is 2.29. The molecule has 2 atom stereocenters. The summed E-state index contributed by atoms with van der Waals surface area (Å²) in [6.07, 6.45) is 2.46. The van der Waals surface area contributed by atoms with E-state index in [2.05, 4.69) is 29.1 Å². The summed E-state index contributed by atoms with van der Waals surface area (Å²) in [5.74, 6) is 0.574. The molecule has 0 spiro atoms. The van der Waals surface area contributed by atoms with Crippen LogP contribution in [0.5, 0.6) is 11.6 Å². The zero-order valence-electron chi connectivity index (χ0n) is 23.4. The van der Waals surface area contributed by atoms with Crippen molar-refractivity contribution in [2.24, 2.45) is 16.6 Å². The van der Waals surface area contributed by atoms with Crippen molar-refractivity contribution in [2.45, 2.75) is 51.9 Å². The maximum absolute atomic E-state index is 12.8. The minimum atomic E-state index is -1.06. The Bertz CT molecular complexity index is 1330. The molecule has 0 radical (unpaired) electrons. The number of nitrogens with one attached hydrogen (secondary N) is 1. The van der Waals surface area contributed by atoms with E-state index in [0.717, 1.165) is 11.1 Å². The number of aliphatic carboxylic acids is 1. The molecular weight excluding hydrogens is 522 g/mol. The van der Waals surface area contributed by atoms with Crippen LogP contribution in [0.15, 0.2) is 77.9 Å². The predicted octanol–water partition coefficient (Wildman–Crippen LogP) is 4.27. The Morgan fingerprint density at radius 1 is 1.10 bits per heavy atom. The number of rotatable bonds is 15. The van der Waals surface area contributed by atoms with Crippen LogP contribution in [0.1, 0.15) is 37.8 Å². The van der Waals surface area contributed by atoms with Crippen molar-refractivity contribution in [2.75, 3.05) is 13.2 Å². The fourth-order valence-electron chi connectivity index (χ4n) is 4.67. The topological polar surface area (TPSA) is 139 Å². The molecule has 0 saturated heterocycles. The van der Waals surface area contributed by atoms with E-state index in [4.69, 9.17) is 15.2 Å². The number of pyridine rings is 1. The summed E-state index contributed by atoms with van der Waals surface area (Å²) in [4.78, 5) is 35.4. The first kappa shape index (κ1) is 29.7. The van der Waals surface area contributed by atoms with Crippen LogP contribution in [0.4, 0.5) is 5.69 Å². The van der Waals surface area contributed by atoms with Gasteiger partial charge in [0.15, 0.2) is 5.96 Å². The Balaban J connectivity index is 1.31. The summed E-state index contributed by atoms with van der Waals surface area (Å²) in [5, 5.41) is 12.4. The predicted molar refractivity (Wildman–Crippen MR) is 156 cm³/mol. The molecule has 0 bridgehead atoms. The van der Waals surface area contributed by atoms with Crippen LogP contribution in [-0.2, 0) is 27.5 Å². The Morgan fingerprint density at radius 3 is 2.49 bits per heavy atom. The summed E-state index contributed by atoms with van der Waals surface area (Å²) >= 11 is 0. The normalized spacial score (nSPS) is 14.2. The highest BCUT2D eigenvalue weighted by atomic mass is 16.5. The van der Waals surface area contributed by atoms with E-state index in [1.54, 1.807) is 6.20 Å². The van der Waals surface area contributed by atoms with Crippen molar-refractivity contribution >= 4 is 23.4 Å². The Kier molecular flexibility index (Phi) is 10.4. The molecule has 1 aliphatic rings. The number of benzene rings is 2. The number of nitrogens with two attached hydrogens (primary N) is 1. The molecule has 0 aliphatic carbocycles. The van der Waals surface area contributed by atoms with Gasteiger partial charge in [-0.25, -0.2) is 9.98 Å². The number of fused-ring (bicyclic) bond motifs is 1. The molecule has 1 aromatic heterocycles. The third-order valence-corrected chi connectivity index (χ3v) is 6.90. The van der Waals surface area contributed by atoms with Gasteiger partial charge in [0.05, 0.1) is 31.6 Å². The lowest BCUT2D eigenvalue weighted by atomic mass is 9.95. The summed E-state index contributed by atoms with van der Waals surface area (Å²) in [6, 6.07) is 19.8. The lowest BCUT2D eigenvalue weighted by Gasteiger charge is -2.37. The van der Waals surface area contributed by atoms with Crippen molar-refractivity contribution in [1.29, 1.82) is 0 Å². The second kappa shape index (κ2) is 14.4. The zero-order chi connectivity index (χ0) is 29.2. The monoisotopic (exact) mass is 559 g/mol. The summed E-state index contributed by atoms with van der Waals surface area (Å²) in [7, 11) is 0. The standard InChI is InChI=1S/C31H37N5O5/c1-21(2)28(14-13-24(37)16-33-27(30(38)39)20-40-19-22-9-5-3-6-10-22)36-18-23-15-29(34-17-26(23)35-31(36)32)41-25-11-7-4-8-12-25/h3-12,15,17,21,27-28,33H,13-14,16,18-20H2,1-2H3,(H2,32,35)(H,38,39)/t27?,28-/m0/s1. The van der Waals surface area contributed by atoms with E-state index in [1.807, 2.05) is 71.6 Å². The number of Topliss-reactive ketones (excluding diaryl/α,β-unsaturated/α-hetero) is 1. The van der Waals surface area contributed by atoms with Crippen molar-refractivity contribution in [3.63, 3.8) is 0 Å². The third kappa shape index (κ3) is 8.60. The van der Waals surface area contributed by atoms with Gasteiger partial charge >= 0.3 is 5.97 Å². The number of ketones is 1. The number of carbonyl (C=O) groups is 2. The van der Waals surface area contributed by atoms with Gasteiger partial charge in [0.1, 0.15) is 17.6 Å². The SMILES string of the molecule is CC(C)[C@H](CCC(=O)CNC(COCc1ccccc1)C(=O)O)N1Cc2cc(Oc3ccccc3)ncc2N=C1N. The Hall–Kier alpha value is -4.28. The summed E-state index contributed by atoms with van der Waals surface area (Å²) in [6.45, 7) is 4.86. The highest BCUT2D eigenvalue weighted by Crippen LogP contribution is 2.32. The lowest BCUT2D eigenvalue weighted by Crippen LogP contribution is -2.48. The molecule has 3 aromatic rings. The van der Waals surface area contributed by atoms with Gasteiger partial charge in [-0.15, -0.1) is 0 Å². The number of para-hydroxylation sites is 1. The molecular formula is C31H37N5O5. The number of carbonyl (C=O) groups excluding carboxylic acids is 1. The van der Waals surface area contributed by atoms with Crippen molar-refractivity contribution in [1.82, 2.24) is 15.2 Å². The van der Waals surface area contributed by atoms with Gasteiger partial charge in [0, 0.05) is 30.6 Å². The van der Waals surface area contributed by atoms with Crippen LogP contribution in [0, 0.1) is 5.92 Å². The van der Waals surface area contributed by atoms with Gasteiger partial charge in [0.25, 0.3) is 0 Å². The largest absolute Gasteiger partial charge is 0.480 e. The number of hydrogen-bond acceptors (Lipinski definition) is 9. The fourth-order valence-corrected chi connectivity index (χ4v) is 4.67. The van der Waals surface area contributed by atoms with Gasteiger partial charge in [-0.3, -0.25) is 14.9 Å². The number of carboxylic acids is 1. The van der Waals surface area contributed by atoms with E-state index in [9.17, 15) is 14.7 Å². The molecule has 2 aromatic carbocycles. The molecule has 0 amide bonds. The Labute approximate surface area is 240 Å². The van der Waals surface area contributed by atoms with Crippen LogP contribution in [0.3, 0.4) is 0 Å². The first-order chi connectivity index (χ1) is 19.8. The van der Waals surface area contributed by atoms with Crippen LogP contribution in [-0.4, -0.2) is 57.9 Å².